The Balaban J connectivity index is 1.80. The van der Waals surface area contributed by atoms with E-state index in [0.717, 1.165) is 37.7 Å². The van der Waals surface area contributed by atoms with Crippen LogP contribution in [0.1, 0.15) is 53.9 Å². The predicted octanol–water partition coefficient (Wildman–Crippen LogP) is 4.87. The van der Waals surface area contributed by atoms with Gasteiger partial charge in [0.2, 0.25) is 5.91 Å². The molecule has 1 aliphatic carbocycles. The summed E-state index contributed by atoms with van der Waals surface area (Å²) in [6.45, 7) is 0.920. The average Bonchev–Trinajstić information content (AvgIpc) is 2.74. The van der Waals surface area contributed by atoms with E-state index in [9.17, 15) is 9.59 Å². The first-order valence-electron chi connectivity index (χ1n) is 10.5. The van der Waals surface area contributed by atoms with Crippen molar-refractivity contribution in [3.05, 3.63) is 64.7 Å². The van der Waals surface area contributed by atoms with Crippen LogP contribution in [0.25, 0.3) is 0 Å². The highest BCUT2D eigenvalue weighted by molar-refractivity contribution is 6.30. The van der Waals surface area contributed by atoms with Gasteiger partial charge in [-0.15, -0.1) is 0 Å². The number of methoxy groups -OCH3 is 1. The largest absolute Gasteiger partial charge is 0.383 e. The summed E-state index contributed by atoms with van der Waals surface area (Å²) in [4.78, 5) is 29.1. The molecule has 0 aromatic heterocycles. The maximum absolute atomic E-state index is 13.7. The van der Waals surface area contributed by atoms with Gasteiger partial charge in [0.05, 0.1) is 18.1 Å². The molecule has 1 aliphatic heterocycles. The smallest absolute Gasteiger partial charge is 0.254 e. The van der Waals surface area contributed by atoms with Crippen molar-refractivity contribution >= 4 is 29.1 Å². The number of nitrogens with zero attached hydrogens (tertiary/aromatic N) is 1. The van der Waals surface area contributed by atoms with Crippen molar-refractivity contribution in [1.29, 1.82) is 0 Å². The van der Waals surface area contributed by atoms with Gasteiger partial charge in [-0.3, -0.25) is 9.59 Å². The molecule has 5 nitrogen and oxygen atoms in total. The van der Waals surface area contributed by atoms with Gasteiger partial charge in [-0.05, 0) is 42.7 Å². The fourth-order valence-electron chi connectivity index (χ4n) is 5.13. The highest BCUT2D eigenvalue weighted by Gasteiger charge is 2.54. The number of amides is 2. The molecular weight excluding hydrogens is 400 g/mol. The van der Waals surface area contributed by atoms with Crippen LogP contribution in [0, 0.1) is 0 Å². The van der Waals surface area contributed by atoms with Crippen molar-refractivity contribution in [2.24, 2.45) is 0 Å². The van der Waals surface area contributed by atoms with Crippen LogP contribution in [0.15, 0.2) is 48.5 Å². The number of halogens is 1. The summed E-state index contributed by atoms with van der Waals surface area (Å²) < 4.78 is 5.31. The molecule has 158 valence electrons. The topological polar surface area (TPSA) is 58.6 Å². The van der Waals surface area contributed by atoms with Crippen LogP contribution in [0.4, 0.5) is 5.69 Å². The molecular formula is C24H27ClN2O3. The Kier molecular flexibility index (Phi) is 6.11. The number of rotatable bonds is 5. The number of anilines is 1. The van der Waals surface area contributed by atoms with Gasteiger partial charge < -0.3 is 15.0 Å². The van der Waals surface area contributed by atoms with E-state index < -0.39 is 11.5 Å². The van der Waals surface area contributed by atoms with Crippen molar-refractivity contribution in [1.82, 2.24) is 4.90 Å². The number of ether oxygens (including phenoxy) is 1. The van der Waals surface area contributed by atoms with Gasteiger partial charge in [0, 0.05) is 29.9 Å². The summed E-state index contributed by atoms with van der Waals surface area (Å²) in [7, 11) is 1.64. The molecule has 0 radical (unpaired) electrons. The molecule has 1 fully saturated rings. The molecule has 2 aromatic carbocycles. The Morgan fingerprint density at radius 3 is 2.67 bits per heavy atom. The molecule has 0 unspecified atom stereocenters. The van der Waals surface area contributed by atoms with Crippen molar-refractivity contribution in [2.75, 3.05) is 25.6 Å². The van der Waals surface area contributed by atoms with Crippen LogP contribution in [0.5, 0.6) is 0 Å². The number of hydrogen-bond donors (Lipinski definition) is 1. The van der Waals surface area contributed by atoms with E-state index in [1.54, 1.807) is 19.2 Å². The highest BCUT2D eigenvalue weighted by atomic mass is 35.5. The summed E-state index contributed by atoms with van der Waals surface area (Å²) in [5.74, 6) is -0.541. The van der Waals surface area contributed by atoms with E-state index >= 15 is 0 Å². The number of carbonyl (C=O) groups is 2. The minimum Gasteiger partial charge on any atom is -0.383 e. The lowest BCUT2D eigenvalue weighted by Crippen LogP contribution is -2.62. The monoisotopic (exact) mass is 426 g/mol. The lowest BCUT2D eigenvalue weighted by atomic mass is 9.65. The summed E-state index contributed by atoms with van der Waals surface area (Å²) in [5, 5.41) is 3.63. The molecule has 2 aliphatic rings. The first kappa shape index (κ1) is 20.9. The van der Waals surface area contributed by atoms with Crippen LogP contribution in [-0.2, 0) is 9.53 Å². The molecule has 1 saturated carbocycles. The van der Waals surface area contributed by atoms with E-state index in [1.165, 1.54) is 0 Å². The Labute approximate surface area is 182 Å². The first-order chi connectivity index (χ1) is 14.6. The second-order valence-electron chi connectivity index (χ2n) is 8.13. The quantitative estimate of drug-likeness (QED) is 0.742. The fraction of sp³-hybridized carbons (Fsp3) is 0.417. The van der Waals surface area contributed by atoms with Gasteiger partial charge in [-0.25, -0.2) is 0 Å². The van der Waals surface area contributed by atoms with Gasteiger partial charge in [-0.1, -0.05) is 55.1 Å². The lowest BCUT2D eigenvalue weighted by molar-refractivity contribution is -0.122. The Bertz CT molecular complexity index is 940. The molecule has 2 aromatic rings. The number of carbonyl (C=O) groups excluding carboxylic acids is 2. The Morgan fingerprint density at radius 2 is 1.93 bits per heavy atom. The van der Waals surface area contributed by atoms with Gasteiger partial charge >= 0.3 is 0 Å². The molecule has 1 atom stereocenters. The van der Waals surface area contributed by atoms with Crippen molar-refractivity contribution in [2.45, 2.75) is 43.6 Å². The average molecular weight is 427 g/mol. The normalized spacial score (nSPS) is 20.1. The minimum absolute atomic E-state index is 0.00337. The SMILES string of the molecule is COCCN1C(=O)c2ccccc2[C@H](C(=O)Nc2cccc(Cl)c2)C12CCCCC2. The Hall–Kier alpha value is -2.37. The third-order valence-corrected chi connectivity index (χ3v) is 6.65. The van der Waals surface area contributed by atoms with Crippen molar-refractivity contribution in [3.63, 3.8) is 0 Å². The molecule has 1 spiro atoms. The van der Waals surface area contributed by atoms with Crippen molar-refractivity contribution in [3.8, 4) is 0 Å². The second kappa shape index (κ2) is 8.78. The maximum Gasteiger partial charge on any atom is 0.254 e. The van der Waals surface area contributed by atoms with Crippen LogP contribution >= 0.6 is 11.6 Å². The number of fused-ring (bicyclic) bond motifs is 1. The molecule has 0 saturated heterocycles. The zero-order valence-electron chi connectivity index (χ0n) is 17.2. The summed E-state index contributed by atoms with van der Waals surface area (Å²) in [5.41, 5.74) is 1.55. The highest BCUT2D eigenvalue weighted by Crippen LogP contribution is 2.49. The summed E-state index contributed by atoms with van der Waals surface area (Å²) >= 11 is 6.12. The molecule has 0 bridgehead atoms. The summed E-state index contributed by atoms with van der Waals surface area (Å²) in [6, 6.07) is 14.7. The number of nitrogens with one attached hydrogen (secondary N) is 1. The van der Waals surface area contributed by atoms with Gasteiger partial charge in [-0.2, -0.15) is 0 Å². The van der Waals surface area contributed by atoms with Crippen LogP contribution < -0.4 is 5.32 Å². The minimum atomic E-state index is -0.537. The number of benzene rings is 2. The molecule has 1 N–H and O–H groups in total. The molecule has 4 rings (SSSR count). The van der Waals surface area contributed by atoms with Crippen LogP contribution in [0.2, 0.25) is 5.02 Å². The maximum atomic E-state index is 13.7. The zero-order valence-corrected chi connectivity index (χ0v) is 18.0. The molecule has 6 heteroatoms. The van der Waals surface area contributed by atoms with E-state index in [-0.39, 0.29) is 11.8 Å². The molecule has 1 heterocycles. The number of hydrogen-bond acceptors (Lipinski definition) is 3. The van der Waals surface area contributed by atoms with Gasteiger partial charge in [0.15, 0.2) is 0 Å². The van der Waals surface area contributed by atoms with E-state index in [1.807, 2.05) is 41.3 Å². The van der Waals surface area contributed by atoms with E-state index in [0.29, 0.717) is 29.4 Å². The van der Waals surface area contributed by atoms with Gasteiger partial charge in [0.25, 0.3) is 5.91 Å². The standard InChI is InChI=1S/C24H27ClN2O3/c1-30-15-14-27-23(29)20-11-4-3-10-19(20)21(24(27)12-5-2-6-13-24)22(28)26-18-9-7-8-17(25)16-18/h3-4,7-11,16,21H,2,5-6,12-15H2,1H3,(H,26,28)/t21-/m1/s1. The molecule has 30 heavy (non-hydrogen) atoms. The third kappa shape index (κ3) is 3.72. The van der Waals surface area contributed by atoms with Crippen LogP contribution in [0.3, 0.4) is 0 Å². The molecule has 2 amide bonds. The third-order valence-electron chi connectivity index (χ3n) is 6.42. The Morgan fingerprint density at radius 1 is 1.17 bits per heavy atom. The zero-order chi connectivity index (χ0) is 21.1. The first-order valence-corrected chi connectivity index (χ1v) is 10.9. The summed E-state index contributed by atoms with van der Waals surface area (Å²) in [6.07, 6.45) is 4.74. The van der Waals surface area contributed by atoms with Crippen LogP contribution in [-0.4, -0.2) is 42.5 Å². The van der Waals surface area contributed by atoms with E-state index in [2.05, 4.69) is 5.32 Å². The fourth-order valence-corrected chi connectivity index (χ4v) is 5.32. The van der Waals surface area contributed by atoms with Gasteiger partial charge in [0.1, 0.15) is 0 Å². The lowest BCUT2D eigenvalue weighted by Gasteiger charge is -2.53. The van der Waals surface area contributed by atoms with Crippen molar-refractivity contribution < 1.29 is 14.3 Å². The van der Waals surface area contributed by atoms with E-state index in [4.69, 9.17) is 16.3 Å². The predicted molar refractivity (Wildman–Crippen MR) is 118 cm³/mol. The second-order valence-corrected chi connectivity index (χ2v) is 8.57.